The summed E-state index contributed by atoms with van der Waals surface area (Å²) in [6.45, 7) is 6.30. The molecule has 0 aliphatic heterocycles. The van der Waals surface area contributed by atoms with Gasteiger partial charge in [0.25, 0.3) is 0 Å². The first kappa shape index (κ1) is 29.4. The van der Waals surface area contributed by atoms with Crippen LogP contribution in [0.1, 0.15) is 58.1 Å². The van der Waals surface area contributed by atoms with Crippen molar-refractivity contribution in [3.63, 3.8) is 0 Å². The zero-order valence-corrected chi connectivity index (χ0v) is 22.8. The highest BCUT2D eigenvalue weighted by Crippen LogP contribution is 2.25. The summed E-state index contributed by atoms with van der Waals surface area (Å²) < 4.78 is 0. The van der Waals surface area contributed by atoms with Gasteiger partial charge < -0.3 is 21.1 Å². The van der Waals surface area contributed by atoms with E-state index in [9.17, 15) is 19.5 Å². The number of carboxylic acid groups (broad SMARTS) is 1. The van der Waals surface area contributed by atoms with Gasteiger partial charge in [0.05, 0.1) is 12.5 Å². The van der Waals surface area contributed by atoms with E-state index < -0.39 is 29.4 Å². The smallest absolute Gasteiger partial charge is 0.305 e. The third-order valence-corrected chi connectivity index (χ3v) is 6.35. The lowest BCUT2D eigenvalue weighted by atomic mass is 9.85. The zero-order valence-electron chi connectivity index (χ0n) is 22.8. The first-order valence-corrected chi connectivity index (χ1v) is 13.3. The third kappa shape index (κ3) is 9.56. The van der Waals surface area contributed by atoms with Gasteiger partial charge in [-0.1, -0.05) is 81.4 Å². The van der Waals surface area contributed by atoms with E-state index in [1.807, 2.05) is 93.6 Å². The first-order chi connectivity index (χ1) is 18.6. The molecule has 1 heterocycles. The minimum Gasteiger partial charge on any atom is -0.481 e. The number of nitrogens with zero attached hydrogens (tertiary/aromatic N) is 1. The maximum Gasteiger partial charge on any atom is 0.305 e. The van der Waals surface area contributed by atoms with Crippen LogP contribution >= 0.6 is 0 Å². The fourth-order valence-electron chi connectivity index (χ4n) is 4.22. The molecule has 2 amide bonds. The second-order valence-electron chi connectivity index (χ2n) is 10.6. The number of carbonyl (C=O) groups is 3. The SMILES string of the molecule is CC(C)(C)[C@H](NC(=O)CCCCNc1ccccn1)C(=O)NC(CC(=O)O)c1ccc(-c2ccccc2)cc1. The highest BCUT2D eigenvalue weighted by Gasteiger charge is 2.34. The molecule has 39 heavy (non-hydrogen) atoms. The number of anilines is 1. The Kier molecular flexibility index (Phi) is 10.6. The monoisotopic (exact) mass is 530 g/mol. The quantitative estimate of drug-likeness (QED) is 0.226. The van der Waals surface area contributed by atoms with Crippen LogP contribution in [-0.2, 0) is 14.4 Å². The molecule has 2 aromatic carbocycles. The van der Waals surface area contributed by atoms with Crippen LogP contribution in [0.15, 0.2) is 79.0 Å². The lowest BCUT2D eigenvalue weighted by molar-refractivity contribution is -0.138. The van der Waals surface area contributed by atoms with Crippen molar-refractivity contribution in [1.29, 1.82) is 0 Å². The molecule has 0 fully saturated rings. The van der Waals surface area contributed by atoms with Crippen molar-refractivity contribution in [2.75, 3.05) is 11.9 Å². The Balaban J connectivity index is 1.60. The number of carboxylic acids is 1. The topological polar surface area (TPSA) is 120 Å². The van der Waals surface area contributed by atoms with Gasteiger partial charge in [0.1, 0.15) is 11.9 Å². The highest BCUT2D eigenvalue weighted by molar-refractivity contribution is 5.89. The van der Waals surface area contributed by atoms with Crippen molar-refractivity contribution in [2.45, 2.75) is 58.5 Å². The van der Waals surface area contributed by atoms with Gasteiger partial charge in [-0.3, -0.25) is 14.4 Å². The molecule has 0 bridgehead atoms. The predicted octanol–water partition coefficient (Wildman–Crippen LogP) is 5.19. The minimum absolute atomic E-state index is 0.218. The van der Waals surface area contributed by atoms with Crippen LogP contribution in [0.3, 0.4) is 0 Å². The van der Waals surface area contributed by atoms with Crippen molar-refractivity contribution in [1.82, 2.24) is 15.6 Å². The Morgan fingerprint density at radius 1 is 0.846 bits per heavy atom. The molecule has 0 radical (unpaired) electrons. The Hall–Kier alpha value is -4.20. The maximum absolute atomic E-state index is 13.4. The van der Waals surface area contributed by atoms with Crippen molar-refractivity contribution in [2.24, 2.45) is 5.41 Å². The summed E-state index contributed by atoms with van der Waals surface area (Å²) in [5, 5.41) is 18.5. The molecule has 0 aliphatic carbocycles. The number of benzene rings is 2. The van der Waals surface area contributed by atoms with E-state index in [0.717, 1.165) is 23.4 Å². The van der Waals surface area contributed by atoms with Gasteiger partial charge in [-0.2, -0.15) is 0 Å². The Bertz CT molecular complexity index is 1210. The van der Waals surface area contributed by atoms with Gasteiger partial charge in [0.15, 0.2) is 0 Å². The number of amides is 2. The van der Waals surface area contributed by atoms with Gasteiger partial charge >= 0.3 is 5.97 Å². The Labute approximate surface area is 230 Å². The maximum atomic E-state index is 13.4. The van der Waals surface area contributed by atoms with Crippen LogP contribution in [0.4, 0.5) is 5.82 Å². The molecule has 0 spiro atoms. The Morgan fingerprint density at radius 2 is 1.51 bits per heavy atom. The normalized spacial score (nSPS) is 12.7. The number of aromatic nitrogens is 1. The molecule has 3 rings (SSSR count). The van der Waals surface area contributed by atoms with E-state index in [0.29, 0.717) is 18.5 Å². The van der Waals surface area contributed by atoms with Gasteiger partial charge in [0.2, 0.25) is 11.8 Å². The molecule has 8 nitrogen and oxygen atoms in total. The molecular weight excluding hydrogens is 492 g/mol. The molecule has 1 unspecified atom stereocenters. The number of carbonyl (C=O) groups excluding carboxylic acids is 2. The number of unbranched alkanes of at least 4 members (excludes halogenated alkanes) is 1. The van der Waals surface area contributed by atoms with Crippen molar-refractivity contribution in [3.05, 3.63) is 84.6 Å². The summed E-state index contributed by atoms with van der Waals surface area (Å²) in [6.07, 6.45) is 3.15. The summed E-state index contributed by atoms with van der Waals surface area (Å²) in [4.78, 5) is 41.9. The standard InChI is InChI=1S/C31H38N4O4/c1-31(2,3)29(35-27(36)14-8-10-20-33-26-13-7-9-19-32-26)30(39)34-25(21-28(37)38)24-17-15-23(16-18-24)22-11-5-4-6-12-22/h4-7,9,11-13,15-19,25,29H,8,10,14,20-21H2,1-3H3,(H,32,33)(H,34,39)(H,35,36)(H,37,38)/t25?,29-/m1/s1. The zero-order chi connectivity index (χ0) is 28.3. The van der Waals surface area contributed by atoms with Crippen molar-refractivity contribution >= 4 is 23.6 Å². The molecular formula is C31H38N4O4. The number of aliphatic carboxylic acids is 1. The average molecular weight is 531 g/mol. The molecule has 0 aliphatic rings. The van der Waals surface area contributed by atoms with Crippen LogP contribution in [0.2, 0.25) is 0 Å². The molecule has 206 valence electrons. The summed E-state index contributed by atoms with van der Waals surface area (Å²) in [5.74, 6) is -0.865. The molecule has 8 heteroatoms. The summed E-state index contributed by atoms with van der Waals surface area (Å²) in [7, 11) is 0. The Morgan fingerprint density at radius 3 is 2.13 bits per heavy atom. The van der Waals surface area contributed by atoms with Crippen LogP contribution in [-0.4, -0.2) is 40.5 Å². The van der Waals surface area contributed by atoms with E-state index in [1.54, 1.807) is 6.20 Å². The lowest BCUT2D eigenvalue weighted by Gasteiger charge is -2.32. The summed E-state index contributed by atoms with van der Waals surface area (Å²) in [6, 6.07) is 21.4. The predicted molar refractivity (Wildman–Crippen MR) is 153 cm³/mol. The summed E-state index contributed by atoms with van der Waals surface area (Å²) in [5.41, 5.74) is 2.15. The number of pyridine rings is 1. The van der Waals surface area contributed by atoms with Crippen molar-refractivity contribution < 1.29 is 19.5 Å². The van der Waals surface area contributed by atoms with E-state index in [-0.39, 0.29) is 18.7 Å². The number of hydrogen-bond donors (Lipinski definition) is 4. The second kappa shape index (κ2) is 14.1. The number of hydrogen-bond acceptors (Lipinski definition) is 5. The number of nitrogens with one attached hydrogen (secondary N) is 3. The highest BCUT2D eigenvalue weighted by atomic mass is 16.4. The van der Waals surface area contributed by atoms with Crippen LogP contribution in [0.25, 0.3) is 11.1 Å². The lowest BCUT2D eigenvalue weighted by Crippen LogP contribution is -2.54. The summed E-state index contributed by atoms with van der Waals surface area (Å²) >= 11 is 0. The largest absolute Gasteiger partial charge is 0.481 e. The van der Waals surface area contributed by atoms with Crippen LogP contribution in [0, 0.1) is 5.41 Å². The van der Waals surface area contributed by atoms with Gasteiger partial charge in [-0.05, 0) is 47.1 Å². The molecule has 2 atom stereocenters. The van der Waals surface area contributed by atoms with E-state index in [2.05, 4.69) is 20.9 Å². The molecule has 3 aromatic rings. The minimum atomic E-state index is -1.02. The van der Waals surface area contributed by atoms with Gasteiger partial charge in [0, 0.05) is 19.2 Å². The third-order valence-electron chi connectivity index (χ3n) is 6.35. The van der Waals surface area contributed by atoms with Crippen LogP contribution in [0.5, 0.6) is 0 Å². The van der Waals surface area contributed by atoms with Gasteiger partial charge in [-0.15, -0.1) is 0 Å². The molecule has 0 saturated carbocycles. The first-order valence-electron chi connectivity index (χ1n) is 13.3. The fraction of sp³-hybridized carbons (Fsp3) is 0.355. The van der Waals surface area contributed by atoms with E-state index >= 15 is 0 Å². The molecule has 0 saturated heterocycles. The molecule has 4 N–H and O–H groups in total. The average Bonchev–Trinajstić information content (AvgIpc) is 2.91. The fourth-order valence-corrected chi connectivity index (χ4v) is 4.22. The van der Waals surface area contributed by atoms with E-state index in [4.69, 9.17) is 0 Å². The van der Waals surface area contributed by atoms with E-state index in [1.165, 1.54) is 0 Å². The number of rotatable bonds is 13. The van der Waals surface area contributed by atoms with Crippen LogP contribution < -0.4 is 16.0 Å². The second-order valence-corrected chi connectivity index (χ2v) is 10.6. The van der Waals surface area contributed by atoms with Gasteiger partial charge in [-0.25, -0.2) is 4.98 Å². The van der Waals surface area contributed by atoms with Crippen molar-refractivity contribution in [3.8, 4) is 11.1 Å². The molecule has 1 aromatic heterocycles.